The second-order valence-electron chi connectivity index (χ2n) is 4.92. The van der Waals surface area contributed by atoms with Crippen molar-refractivity contribution >= 4 is 29.2 Å². The van der Waals surface area contributed by atoms with Crippen LogP contribution in [0.3, 0.4) is 0 Å². The van der Waals surface area contributed by atoms with Crippen LogP contribution < -0.4 is 0 Å². The van der Waals surface area contributed by atoms with E-state index in [9.17, 15) is 19.7 Å². The van der Waals surface area contributed by atoms with Crippen molar-refractivity contribution < 1.29 is 24.0 Å². The fraction of sp³-hybridized carbons (Fsp3) is 0.176. The van der Waals surface area contributed by atoms with Crippen LogP contribution in [0.4, 0.5) is 5.69 Å². The van der Waals surface area contributed by atoms with E-state index in [1.54, 1.807) is 31.2 Å². The summed E-state index contributed by atoms with van der Waals surface area (Å²) in [5.74, 6) is -1.18. The van der Waals surface area contributed by atoms with Gasteiger partial charge in [-0.15, -0.1) is 0 Å². The number of rotatable bonds is 6. The van der Waals surface area contributed by atoms with Crippen LogP contribution in [0.25, 0.3) is 0 Å². The Kier molecular flexibility index (Phi) is 6.08. The zero-order valence-corrected chi connectivity index (χ0v) is 14.0. The lowest BCUT2D eigenvalue weighted by atomic mass is 10.1. The Bertz CT molecular complexity index is 821. The Morgan fingerprint density at radius 3 is 2.52 bits per heavy atom. The van der Waals surface area contributed by atoms with Gasteiger partial charge in [0.15, 0.2) is 0 Å². The number of halogens is 1. The fourth-order valence-electron chi connectivity index (χ4n) is 2.01. The van der Waals surface area contributed by atoms with Crippen LogP contribution in [0.2, 0.25) is 5.02 Å². The van der Waals surface area contributed by atoms with Gasteiger partial charge >= 0.3 is 11.9 Å². The molecule has 0 saturated heterocycles. The molecule has 2 aromatic carbocycles. The standard InChI is InChI=1S/C17H14ClNO6/c1-2-24-16(20)12-5-3-4-11(8-12)10-25-17(21)14-7-6-13(19(22)23)9-15(14)18/h3-9H,2,10H2,1H3. The maximum atomic E-state index is 12.1. The molecule has 0 aliphatic rings. The van der Waals surface area contributed by atoms with E-state index in [0.29, 0.717) is 11.1 Å². The highest BCUT2D eigenvalue weighted by molar-refractivity contribution is 6.33. The van der Waals surface area contributed by atoms with Gasteiger partial charge in [-0.1, -0.05) is 23.7 Å². The topological polar surface area (TPSA) is 95.7 Å². The van der Waals surface area contributed by atoms with E-state index in [0.717, 1.165) is 6.07 Å². The first kappa shape index (κ1) is 18.4. The number of nitro benzene ring substituents is 1. The first-order valence-corrected chi connectivity index (χ1v) is 7.67. The van der Waals surface area contributed by atoms with Crippen molar-refractivity contribution in [2.75, 3.05) is 6.61 Å². The third kappa shape index (κ3) is 4.77. The van der Waals surface area contributed by atoms with E-state index in [2.05, 4.69) is 0 Å². The Balaban J connectivity index is 2.06. The van der Waals surface area contributed by atoms with Crippen molar-refractivity contribution in [2.24, 2.45) is 0 Å². The number of hydrogen-bond acceptors (Lipinski definition) is 6. The summed E-state index contributed by atoms with van der Waals surface area (Å²) in [5, 5.41) is 10.6. The number of nitrogens with zero attached hydrogens (tertiary/aromatic N) is 1. The predicted molar refractivity (Wildman–Crippen MR) is 89.6 cm³/mol. The van der Waals surface area contributed by atoms with Gasteiger partial charge in [0.2, 0.25) is 0 Å². The number of non-ortho nitro benzene ring substituents is 1. The van der Waals surface area contributed by atoms with E-state index < -0.39 is 16.9 Å². The van der Waals surface area contributed by atoms with Crippen molar-refractivity contribution in [3.8, 4) is 0 Å². The lowest BCUT2D eigenvalue weighted by Gasteiger charge is -2.08. The highest BCUT2D eigenvalue weighted by Crippen LogP contribution is 2.23. The summed E-state index contributed by atoms with van der Waals surface area (Å²) in [4.78, 5) is 33.8. The molecule has 0 radical (unpaired) electrons. The van der Waals surface area contributed by atoms with Crippen molar-refractivity contribution in [1.29, 1.82) is 0 Å². The normalized spacial score (nSPS) is 10.2. The van der Waals surface area contributed by atoms with Crippen molar-refractivity contribution in [3.05, 3.63) is 74.3 Å². The molecule has 0 bridgehead atoms. The van der Waals surface area contributed by atoms with Gasteiger partial charge in [-0.2, -0.15) is 0 Å². The van der Waals surface area contributed by atoms with Crippen LogP contribution >= 0.6 is 11.6 Å². The Morgan fingerprint density at radius 2 is 1.88 bits per heavy atom. The van der Waals surface area contributed by atoms with Gasteiger partial charge in [-0.05, 0) is 30.7 Å². The molecule has 0 amide bonds. The van der Waals surface area contributed by atoms with E-state index in [1.807, 2.05) is 0 Å². The minimum Gasteiger partial charge on any atom is -0.462 e. The monoisotopic (exact) mass is 363 g/mol. The SMILES string of the molecule is CCOC(=O)c1cccc(COC(=O)c2ccc([N+](=O)[O-])cc2Cl)c1. The number of esters is 2. The average Bonchev–Trinajstić information content (AvgIpc) is 2.60. The molecule has 0 saturated carbocycles. The van der Waals surface area contributed by atoms with Crippen molar-refractivity contribution in [1.82, 2.24) is 0 Å². The highest BCUT2D eigenvalue weighted by Gasteiger charge is 2.16. The molecule has 0 aromatic heterocycles. The van der Waals surface area contributed by atoms with Crippen molar-refractivity contribution in [2.45, 2.75) is 13.5 Å². The summed E-state index contributed by atoms with van der Waals surface area (Å²) < 4.78 is 10.0. The van der Waals surface area contributed by atoms with Gasteiger partial charge in [0.1, 0.15) is 6.61 Å². The molecule has 7 nitrogen and oxygen atoms in total. The second-order valence-corrected chi connectivity index (χ2v) is 5.33. The number of nitro groups is 1. The predicted octanol–water partition coefficient (Wildman–Crippen LogP) is 3.78. The third-order valence-corrected chi connectivity index (χ3v) is 3.50. The largest absolute Gasteiger partial charge is 0.462 e. The molecule has 130 valence electrons. The highest BCUT2D eigenvalue weighted by atomic mass is 35.5. The molecule has 0 aliphatic carbocycles. The average molecular weight is 364 g/mol. The number of carbonyl (C=O) groups is 2. The van der Waals surface area contributed by atoms with Gasteiger partial charge in [0.05, 0.1) is 27.7 Å². The quantitative estimate of drug-likeness (QED) is 0.440. The molecule has 0 N–H and O–H groups in total. The first-order chi connectivity index (χ1) is 11.9. The molecule has 2 aromatic rings. The molecule has 8 heteroatoms. The van der Waals surface area contributed by atoms with Gasteiger partial charge in [0.25, 0.3) is 5.69 Å². The summed E-state index contributed by atoms with van der Waals surface area (Å²) in [6, 6.07) is 9.97. The van der Waals surface area contributed by atoms with Crippen LogP contribution in [0.5, 0.6) is 0 Å². The Labute approximate surface area is 148 Å². The van der Waals surface area contributed by atoms with E-state index in [4.69, 9.17) is 21.1 Å². The number of ether oxygens (including phenoxy) is 2. The van der Waals surface area contributed by atoms with Crippen LogP contribution in [0.1, 0.15) is 33.2 Å². The van der Waals surface area contributed by atoms with E-state index in [1.165, 1.54) is 12.1 Å². The molecule has 0 heterocycles. The second kappa shape index (κ2) is 8.25. The minimum absolute atomic E-state index is 0.0220. The van der Waals surface area contributed by atoms with Gasteiger partial charge in [0, 0.05) is 12.1 Å². The van der Waals surface area contributed by atoms with E-state index in [-0.39, 0.29) is 29.5 Å². The minimum atomic E-state index is -0.721. The molecule has 0 unspecified atom stereocenters. The maximum Gasteiger partial charge on any atom is 0.339 e. The summed E-state index contributed by atoms with van der Waals surface area (Å²) in [5.41, 5.74) is 0.748. The summed E-state index contributed by atoms with van der Waals surface area (Å²) >= 11 is 5.89. The third-order valence-electron chi connectivity index (χ3n) is 3.19. The summed E-state index contributed by atoms with van der Waals surface area (Å²) in [7, 11) is 0. The molecule has 0 aliphatic heterocycles. The van der Waals surface area contributed by atoms with E-state index >= 15 is 0 Å². The van der Waals surface area contributed by atoms with Gasteiger partial charge in [-0.25, -0.2) is 9.59 Å². The smallest absolute Gasteiger partial charge is 0.339 e. The van der Waals surface area contributed by atoms with Crippen LogP contribution in [0, 0.1) is 10.1 Å². The summed E-state index contributed by atoms with van der Waals surface area (Å²) in [6.07, 6.45) is 0. The van der Waals surface area contributed by atoms with Crippen LogP contribution in [0.15, 0.2) is 42.5 Å². The Morgan fingerprint density at radius 1 is 1.12 bits per heavy atom. The van der Waals surface area contributed by atoms with Crippen molar-refractivity contribution in [3.63, 3.8) is 0 Å². The molecule has 2 rings (SSSR count). The number of benzene rings is 2. The maximum absolute atomic E-state index is 12.1. The fourth-order valence-corrected chi connectivity index (χ4v) is 2.26. The van der Waals surface area contributed by atoms with Crippen LogP contribution in [-0.4, -0.2) is 23.5 Å². The molecule has 0 atom stereocenters. The number of hydrogen-bond donors (Lipinski definition) is 0. The molecule has 0 spiro atoms. The lowest BCUT2D eigenvalue weighted by molar-refractivity contribution is -0.384. The first-order valence-electron chi connectivity index (χ1n) is 7.29. The molecular formula is C17H14ClNO6. The summed E-state index contributed by atoms with van der Waals surface area (Å²) in [6.45, 7) is 1.88. The lowest BCUT2D eigenvalue weighted by Crippen LogP contribution is -2.08. The molecule has 0 fully saturated rings. The molecular weight excluding hydrogens is 350 g/mol. The molecule has 25 heavy (non-hydrogen) atoms. The number of carbonyl (C=O) groups excluding carboxylic acids is 2. The van der Waals surface area contributed by atoms with Crippen LogP contribution in [-0.2, 0) is 16.1 Å². The zero-order valence-electron chi connectivity index (χ0n) is 13.2. The van der Waals surface area contributed by atoms with Gasteiger partial charge < -0.3 is 9.47 Å². The zero-order chi connectivity index (χ0) is 18.4. The van der Waals surface area contributed by atoms with Gasteiger partial charge in [-0.3, -0.25) is 10.1 Å². The Hall–Kier alpha value is -2.93.